The zero-order valence-corrected chi connectivity index (χ0v) is 19.1. The molecule has 0 atom stereocenters. The summed E-state index contributed by atoms with van der Waals surface area (Å²) in [5.74, 6) is 0.523. The first kappa shape index (κ1) is 22.2. The summed E-state index contributed by atoms with van der Waals surface area (Å²) in [6.45, 7) is 12.2. The standard InChI is InChI=1S/C22H31N7O3/c1-5-8-27-18-19(23-21(27)29-17(7-3)15-16(6-2)24-29)25(4)22(31)28(20(18)30)10-9-26-11-13-32-14-12-26/h5,15H,1,6-14H2,2-4H3. The molecule has 1 fully saturated rings. The third-order valence-corrected chi connectivity index (χ3v) is 6.02. The highest BCUT2D eigenvalue weighted by atomic mass is 16.5. The molecule has 172 valence electrons. The minimum absolute atomic E-state index is 0.317. The molecule has 1 aliphatic rings. The Morgan fingerprint density at radius 1 is 1.12 bits per heavy atom. The molecular formula is C22H31N7O3. The van der Waals surface area contributed by atoms with Crippen molar-refractivity contribution < 1.29 is 4.74 Å². The smallest absolute Gasteiger partial charge is 0.332 e. The molecule has 1 aliphatic heterocycles. The Hall–Kier alpha value is -2.98. The van der Waals surface area contributed by atoms with Crippen LogP contribution in [-0.2, 0) is 37.7 Å². The van der Waals surface area contributed by atoms with Gasteiger partial charge in [0.15, 0.2) is 11.2 Å². The normalized spacial score (nSPS) is 15.0. The average Bonchev–Trinajstić information content (AvgIpc) is 3.40. The van der Waals surface area contributed by atoms with E-state index in [1.165, 1.54) is 9.13 Å². The van der Waals surface area contributed by atoms with Gasteiger partial charge in [0.1, 0.15) is 0 Å². The van der Waals surface area contributed by atoms with E-state index < -0.39 is 0 Å². The van der Waals surface area contributed by atoms with Crippen LogP contribution >= 0.6 is 0 Å². The van der Waals surface area contributed by atoms with Crippen LogP contribution in [-0.4, -0.2) is 66.2 Å². The molecule has 0 amide bonds. The molecule has 0 saturated carbocycles. The Bertz CT molecular complexity index is 1240. The molecule has 1 saturated heterocycles. The number of morpholine rings is 1. The molecule has 4 heterocycles. The third kappa shape index (κ3) is 3.84. The second kappa shape index (κ2) is 9.25. The fraction of sp³-hybridized carbons (Fsp3) is 0.545. The fourth-order valence-electron chi connectivity index (χ4n) is 4.16. The van der Waals surface area contributed by atoms with Crippen LogP contribution in [0.1, 0.15) is 25.2 Å². The van der Waals surface area contributed by atoms with Crippen molar-refractivity contribution >= 4 is 11.2 Å². The highest BCUT2D eigenvalue weighted by Crippen LogP contribution is 2.18. The highest BCUT2D eigenvalue weighted by molar-refractivity contribution is 5.72. The molecular weight excluding hydrogens is 410 g/mol. The van der Waals surface area contributed by atoms with E-state index in [1.54, 1.807) is 22.4 Å². The summed E-state index contributed by atoms with van der Waals surface area (Å²) in [6.07, 6.45) is 3.30. The van der Waals surface area contributed by atoms with E-state index in [-0.39, 0.29) is 11.2 Å². The number of fused-ring (bicyclic) bond motifs is 1. The maximum atomic E-state index is 13.5. The summed E-state index contributed by atoms with van der Waals surface area (Å²) in [7, 11) is 1.66. The van der Waals surface area contributed by atoms with E-state index in [1.807, 2.05) is 0 Å². The first-order valence-electron chi connectivity index (χ1n) is 11.2. The lowest BCUT2D eigenvalue weighted by molar-refractivity contribution is 0.0361. The van der Waals surface area contributed by atoms with Crippen molar-refractivity contribution in [1.29, 1.82) is 0 Å². The van der Waals surface area contributed by atoms with Gasteiger partial charge in [-0.3, -0.25) is 23.4 Å². The van der Waals surface area contributed by atoms with Crippen LogP contribution in [0, 0.1) is 0 Å². The molecule has 0 aromatic carbocycles. The predicted octanol–water partition coefficient (Wildman–Crippen LogP) is 0.725. The second-order valence-corrected chi connectivity index (χ2v) is 7.98. The Labute approximate surface area is 186 Å². The Morgan fingerprint density at radius 3 is 2.53 bits per heavy atom. The van der Waals surface area contributed by atoms with Crippen LogP contribution < -0.4 is 11.2 Å². The summed E-state index contributed by atoms with van der Waals surface area (Å²) >= 11 is 0. The van der Waals surface area contributed by atoms with E-state index in [9.17, 15) is 9.59 Å². The Balaban J connectivity index is 1.87. The zero-order valence-electron chi connectivity index (χ0n) is 19.1. The molecule has 0 N–H and O–H groups in total. The number of nitrogens with zero attached hydrogens (tertiary/aromatic N) is 7. The van der Waals surface area contributed by atoms with Crippen molar-refractivity contribution in [3.05, 3.63) is 50.9 Å². The predicted molar refractivity (Wildman–Crippen MR) is 123 cm³/mol. The van der Waals surface area contributed by atoms with Crippen molar-refractivity contribution in [1.82, 2.24) is 33.4 Å². The van der Waals surface area contributed by atoms with Gasteiger partial charge in [0.2, 0.25) is 5.95 Å². The lowest BCUT2D eigenvalue weighted by atomic mass is 10.3. The quantitative estimate of drug-likeness (QED) is 0.479. The van der Waals surface area contributed by atoms with Gasteiger partial charge in [-0.1, -0.05) is 19.9 Å². The molecule has 0 aliphatic carbocycles. The molecule has 3 aromatic heterocycles. The van der Waals surface area contributed by atoms with Gasteiger partial charge in [-0.15, -0.1) is 6.58 Å². The number of rotatable bonds is 8. The largest absolute Gasteiger partial charge is 0.379 e. The fourth-order valence-corrected chi connectivity index (χ4v) is 4.16. The molecule has 0 radical (unpaired) electrons. The highest BCUT2D eigenvalue weighted by Gasteiger charge is 2.23. The number of hydrogen-bond acceptors (Lipinski definition) is 6. The van der Waals surface area contributed by atoms with Crippen molar-refractivity contribution in [2.24, 2.45) is 7.05 Å². The van der Waals surface area contributed by atoms with Crippen LogP contribution in [0.4, 0.5) is 0 Å². The van der Waals surface area contributed by atoms with Crippen LogP contribution in [0.2, 0.25) is 0 Å². The Kier molecular flexibility index (Phi) is 6.43. The minimum Gasteiger partial charge on any atom is -0.379 e. The maximum Gasteiger partial charge on any atom is 0.332 e. The lowest BCUT2D eigenvalue weighted by Crippen LogP contribution is -2.44. The van der Waals surface area contributed by atoms with E-state index in [0.29, 0.717) is 50.0 Å². The molecule has 4 rings (SSSR count). The summed E-state index contributed by atoms with van der Waals surface area (Å²) in [6, 6.07) is 2.05. The van der Waals surface area contributed by atoms with Gasteiger partial charge in [-0.25, -0.2) is 9.48 Å². The summed E-state index contributed by atoms with van der Waals surface area (Å²) < 4.78 is 11.7. The van der Waals surface area contributed by atoms with Crippen LogP contribution in [0.15, 0.2) is 28.3 Å². The van der Waals surface area contributed by atoms with Crippen molar-refractivity contribution in [3.8, 4) is 5.95 Å². The summed E-state index contributed by atoms with van der Waals surface area (Å²) in [5, 5.41) is 4.69. The van der Waals surface area contributed by atoms with Gasteiger partial charge in [0.25, 0.3) is 5.56 Å². The Morgan fingerprint density at radius 2 is 1.88 bits per heavy atom. The van der Waals surface area contributed by atoms with Crippen LogP contribution in [0.25, 0.3) is 17.1 Å². The van der Waals surface area contributed by atoms with E-state index in [4.69, 9.17) is 14.8 Å². The number of aromatic nitrogens is 6. The third-order valence-electron chi connectivity index (χ3n) is 6.02. The molecule has 32 heavy (non-hydrogen) atoms. The minimum atomic E-state index is -0.365. The van der Waals surface area contributed by atoms with Gasteiger partial charge in [0.05, 0.1) is 18.9 Å². The van der Waals surface area contributed by atoms with Gasteiger partial charge < -0.3 is 4.74 Å². The lowest BCUT2D eigenvalue weighted by Gasteiger charge is -2.26. The SMILES string of the molecule is C=CCn1c(-n2nc(CC)cc2CC)nc2c1c(=O)n(CCN1CCOCC1)c(=O)n2C. The van der Waals surface area contributed by atoms with Crippen LogP contribution in [0.5, 0.6) is 0 Å². The van der Waals surface area contributed by atoms with Gasteiger partial charge in [-0.2, -0.15) is 10.1 Å². The van der Waals surface area contributed by atoms with Crippen molar-refractivity contribution in [2.75, 3.05) is 32.8 Å². The van der Waals surface area contributed by atoms with Crippen molar-refractivity contribution in [2.45, 2.75) is 39.8 Å². The molecule has 0 spiro atoms. The number of hydrogen-bond donors (Lipinski definition) is 0. The zero-order chi connectivity index (χ0) is 22.8. The molecule has 10 nitrogen and oxygen atoms in total. The number of ether oxygens (including phenoxy) is 1. The van der Waals surface area contributed by atoms with Crippen molar-refractivity contribution in [3.63, 3.8) is 0 Å². The van der Waals surface area contributed by atoms with E-state index >= 15 is 0 Å². The summed E-state index contributed by atoms with van der Waals surface area (Å²) in [5.41, 5.74) is 2.00. The molecule has 0 bridgehead atoms. The molecule has 3 aromatic rings. The molecule has 0 unspecified atom stereocenters. The van der Waals surface area contributed by atoms with E-state index in [2.05, 4.69) is 31.4 Å². The monoisotopic (exact) mass is 441 g/mol. The van der Waals surface area contributed by atoms with Gasteiger partial charge in [-0.05, 0) is 18.9 Å². The average molecular weight is 442 g/mol. The number of aryl methyl sites for hydroxylation is 3. The maximum absolute atomic E-state index is 13.5. The first-order chi connectivity index (χ1) is 15.5. The summed E-state index contributed by atoms with van der Waals surface area (Å²) in [4.78, 5) is 33.5. The first-order valence-corrected chi connectivity index (χ1v) is 11.2. The van der Waals surface area contributed by atoms with E-state index in [0.717, 1.165) is 37.3 Å². The van der Waals surface area contributed by atoms with Crippen LogP contribution in [0.3, 0.4) is 0 Å². The topological polar surface area (TPSA) is 92.1 Å². The second-order valence-electron chi connectivity index (χ2n) is 7.98. The van der Waals surface area contributed by atoms with Gasteiger partial charge >= 0.3 is 5.69 Å². The molecule has 10 heteroatoms. The number of allylic oxidation sites excluding steroid dienone is 1. The number of imidazole rings is 1. The van der Waals surface area contributed by atoms with Gasteiger partial charge in [0, 0.05) is 45.5 Å².